The quantitative estimate of drug-likeness (QED) is 0.670. The molecule has 3 rings (SSSR count). The standard InChI is InChI=1S/C16H15ClN2O2S/c17-14-8-11-7-13(19-16(11)22-14)15(21)18-12(9-20)6-10-4-2-1-3-5-10/h1-5,7-8,12,19-20H,6,9H2,(H,18,21)/t12-/m0/s1. The van der Waals surface area contributed by atoms with Gasteiger partial charge in [0.15, 0.2) is 0 Å². The second-order valence-corrected chi connectivity index (χ2v) is 6.74. The minimum Gasteiger partial charge on any atom is -0.394 e. The van der Waals surface area contributed by atoms with E-state index in [1.807, 2.05) is 36.4 Å². The number of aliphatic hydroxyl groups is 1. The highest BCUT2D eigenvalue weighted by atomic mass is 35.5. The Kier molecular flexibility index (Phi) is 4.47. The molecule has 3 aromatic rings. The van der Waals surface area contributed by atoms with Gasteiger partial charge in [-0.05, 0) is 24.1 Å². The zero-order chi connectivity index (χ0) is 15.5. The van der Waals surface area contributed by atoms with Gasteiger partial charge < -0.3 is 15.4 Å². The fraction of sp³-hybridized carbons (Fsp3) is 0.188. The van der Waals surface area contributed by atoms with Crippen LogP contribution in [0.1, 0.15) is 16.1 Å². The van der Waals surface area contributed by atoms with Crippen molar-refractivity contribution in [1.29, 1.82) is 0 Å². The number of rotatable bonds is 5. The van der Waals surface area contributed by atoms with Crippen molar-refractivity contribution in [3.63, 3.8) is 0 Å². The van der Waals surface area contributed by atoms with Gasteiger partial charge in [-0.2, -0.15) is 0 Å². The van der Waals surface area contributed by atoms with Crippen LogP contribution in [0, 0.1) is 0 Å². The summed E-state index contributed by atoms with van der Waals surface area (Å²) in [6.45, 7) is -0.110. The third-order valence-corrected chi connectivity index (χ3v) is 4.60. The Morgan fingerprint density at radius 2 is 2.09 bits per heavy atom. The molecule has 0 unspecified atom stereocenters. The van der Waals surface area contributed by atoms with Gasteiger partial charge in [-0.15, -0.1) is 11.3 Å². The van der Waals surface area contributed by atoms with Crippen LogP contribution >= 0.6 is 22.9 Å². The van der Waals surface area contributed by atoms with Crippen molar-refractivity contribution in [3.05, 3.63) is 58.1 Å². The Labute approximate surface area is 136 Å². The van der Waals surface area contributed by atoms with E-state index in [0.29, 0.717) is 16.5 Å². The van der Waals surface area contributed by atoms with E-state index in [4.69, 9.17) is 11.6 Å². The Bertz CT molecular complexity index is 750. The van der Waals surface area contributed by atoms with Gasteiger partial charge in [0, 0.05) is 5.39 Å². The number of hydrogen-bond donors (Lipinski definition) is 3. The Hall–Kier alpha value is -1.82. The van der Waals surface area contributed by atoms with Crippen molar-refractivity contribution >= 4 is 39.1 Å². The van der Waals surface area contributed by atoms with Gasteiger partial charge in [-0.3, -0.25) is 4.79 Å². The molecule has 0 aliphatic carbocycles. The zero-order valence-electron chi connectivity index (χ0n) is 11.7. The fourth-order valence-electron chi connectivity index (χ4n) is 2.34. The number of fused-ring (bicyclic) bond motifs is 1. The molecule has 1 atom stereocenters. The third-order valence-electron chi connectivity index (χ3n) is 3.40. The molecule has 0 saturated heterocycles. The Balaban J connectivity index is 1.69. The minimum absolute atomic E-state index is 0.110. The molecule has 3 N–H and O–H groups in total. The predicted molar refractivity (Wildman–Crippen MR) is 89.7 cm³/mol. The summed E-state index contributed by atoms with van der Waals surface area (Å²) in [4.78, 5) is 16.2. The SMILES string of the molecule is O=C(N[C@H](CO)Cc1ccccc1)c1cc2cc(Cl)sc2[nH]1. The van der Waals surface area contributed by atoms with Crippen LogP contribution in [-0.4, -0.2) is 28.6 Å². The summed E-state index contributed by atoms with van der Waals surface area (Å²) in [5, 5.41) is 13.2. The maximum Gasteiger partial charge on any atom is 0.268 e. The van der Waals surface area contributed by atoms with Gasteiger partial charge >= 0.3 is 0 Å². The molecule has 2 heterocycles. The van der Waals surface area contributed by atoms with Crippen molar-refractivity contribution in [3.8, 4) is 0 Å². The summed E-state index contributed by atoms with van der Waals surface area (Å²) in [6.07, 6.45) is 0.587. The van der Waals surface area contributed by atoms with Crippen LogP contribution in [0.4, 0.5) is 0 Å². The largest absolute Gasteiger partial charge is 0.394 e. The molecule has 0 aliphatic heterocycles. The monoisotopic (exact) mass is 334 g/mol. The number of aromatic nitrogens is 1. The lowest BCUT2D eigenvalue weighted by molar-refractivity contribution is 0.0912. The van der Waals surface area contributed by atoms with E-state index in [9.17, 15) is 9.90 Å². The number of amides is 1. The highest BCUT2D eigenvalue weighted by Crippen LogP contribution is 2.29. The summed E-state index contributed by atoms with van der Waals surface area (Å²) in [5.41, 5.74) is 1.55. The first-order valence-corrected chi connectivity index (χ1v) is 8.09. The number of carbonyl (C=O) groups excluding carboxylic acids is 1. The van der Waals surface area contributed by atoms with Crippen molar-refractivity contribution in [2.24, 2.45) is 0 Å². The second-order valence-electron chi connectivity index (χ2n) is 5.06. The maximum absolute atomic E-state index is 12.3. The molecule has 0 fully saturated rings. The summed E-state index contributed by atoms with van der Waals surface area (Å²) in [6, 6.07) is 13.0. The number of benzene rings is 1. The van der Waals surface area contributed by atoms with Crippen LogP contribution in [-0.2, 0) is 6.42 Å². The molecule has 0 saturated carbocycles. The normalized spacial score (nSPS) is 12.5. The average Bonchev–Trinajstić information content (AvgIpc) is 3.04. The lowest BCUT2D eigenvalue weighted by Gasteiger charge is -2.15. The zero-order valence-corrected chi connectivity index (χ0v) is 13.2. The topological polar surface area (TPSA) is 65.1 Å². The first-order valence-electron chi connectivity index (χ1n) is 6.89. The number of aromatic amines is 1. The number of thiophene rings is 1. The third kappa shape index (κ3) is 3.32. The van der Waals surface area contributed by atoms with E-state index in [1.54, 1.807) is 6.07 Å². The van der Waals surface area contributed by atoms with E-state index in [2.05, 4.69) is 10.3 Å². The highest BCUT2D eigenvalue weighted by Gasteiger charge is 2.16. The van der Waals surface area contributed by atoms with Gasteiger partial charge in [-0.25, -0.2) is 0 Å². The molecule has 1 aromatic carbocycles. The molecule has 4 nitrogen and oxygen atoms in total. The number of H-pyrrole nitrogens is 1. The molecular weight excluding hydrogens is 320 g/mol. The summed E-state index contributed by atoms with van der Waals surface area (Å²) < 4.78 is 0.686. The van der Waals surface area contributed by atoms with Crippen LogP contribution < -0.4 is 5.32 Å². The average molecular weight is 335 g/mol. The second kappa shape index (κ2) is 6.52. The number of hydrogen-bond acceptors (Lipinski definition) is 3. The lowest BCUT2D eigenvalue weighted by atomic mass is 10.1. The van der Waals surface area contributed by atoms with Crippen LogP contribution in [0.2, 0.25) is 4.34 Å². The van der Waals surface area contributed by atoms with Crippen molar-refractivity contribution < 1.29 is 9.90 Å². The van der Waals surface area contributed by atoms with Crippen LogP contribution in [0.3, 0.4) is 0 Å². The van der Waals surface area contributed by atoms with Gasteiger partial charge in [0.25, 0.3) is 5.91 Å². The van der Waals surface area contributed by atoms with E-state index < -0.39 is 0 Å². The Morgan fingerprint density at radius 1 is 1.32 bits per heavy atom. The molecule has 1 amide bonds. The van der Waals surface area contributed by atoms with Gasteiger partial charge in [-0.1, -0.05) is 41.9 Å². The van der Waals surface area contributed by atoms with Gasteiger partial charge in [0.1, 0.15) is 10.5 Å². The molecule has 2 aromatic heterocycles. The molecule has 114 valence electrons. The molecule has 0 radical (unpaired) electrons. The molecule has 0 aliphatic rings. The Morgan fingerprint density at radius 3 is 2.77 bits per heavy atom. The van der Waals surface area contributed by atoms with Crippen molar-refractivity contribution in [1.82, 2.24) is 10.3 Å². The van der Waals surface area contributed by atoms with Crippen LogP contribution in [0.25, 0.3) is 10.2 Å². The molecule has 0 bridgehead atoms. The maximum atomic E-state index is 12.3. The number of nitrogens with one attached hydrogen (secondary N) is 2. The van der Waals surface area contributed by atoms with Gasteiger partial charge in [0.2, 0.25) is 0 Å². The molecule has 22 heavy (non-hydrogen) atoms. The van der Waals surface area contributed by atoms with Gasteiger partial charge in [0.05, 0.1) is 17.0 Å². The minimum atomic E-state index is -0.320. The number of aliphatic hydroxyl groups excluding tert-OH is 1. The first-order chi connectivity index (χ1) is 10.7. The van der Waals surface area contributed by atoms with E-state index >= 15 is 0 Å². The van der Waals surface area contributed by atoms with E-state index in [1.165, 1.54) is 11.3 Å². The van der Waals surface area contributed by atoms with Crippen molar-refractivity contribution in [2.45, 2.75) is 12.5 Å². The smallest absolute Gasteiger partial charge is 0.268 e. The number of carbonyl (C=O) groups is 1. The summed E-state index contributed by atoms with van der Waals surface area (Å²) >= 11 is 7.32. The van der Waals surface area contributed by atoms with Crippen molar-refractivity contribution in [2.75, 3.05) is 6.61 Å². The number of halogens is 1. The summed E-state index contributed by atoms with van der Waals surface area (Å²) in [7, 11) is 0. The van der Waals surface area contributed by atoms with Crippen LogP contribution in [0.15, 0.2) is 42.5 Å². The van der Waals surface area contributed by atoms with E-state index in [0.717, 1.165) is 15.8 Å². The first kappa shape index (κ1) is 15.1. The molecule has 0 spiro atoms. The highest BCUT2D eigenvalue weighted by molar-refractivity contribution is 7.22. The molecule has 6 heteroatoms. The van der Waals surface area contributed by atoms with Crippen LogP contribution in [0.5, 0.6) is 0 Å². The predicted octanol–water partition coefficient (Wildman–Crippen LogP) is 3.22. The summed E-state index contributed by atoms with van der Waals surface area (Å²) in [5.74, 6) is -0.227. The van der Waals surface area contributed by atoms with E-state index in [-0.39, 0.29) is 18.6 Å². The fourth-order valence-corrected chi connectivity index (χ4v) is 3.46. The molecular formula is C16H15ClN2O2S. The lowest BCUT2D eigenvalue weighted by Crippen LogP contribution is -2.39.